The van der Waals surface area contributed by atoms with Gasteiger partial charge in [-0.3, -0.25) is 4.79 Å². The van der Waals surface area contributed by atoms with Crippen LogP contribution in [0.3, 0.4) is 0 Å². The Morgan fingerprint density at radius 2 is 2.00 bits per heavy atom. The van der Waals surface area contributed by atoms with Crippen LogP contribution in [0.2, 0.25) is 0 Å². The maximum Gasteiger partial charge on any atom is 0.230 e. The van der Waals surface area contributed by atoms with Crippen molar-refractivity contribution in [2.24, 2.45) is 0 Å². The fraction of sp³-hybridized carbons (Fsp3) is 0.533. The lowest BCUT2D eigenvalue weighted by Crippen LogP contribution is -2.46. The number of rotatable bonds is 4. The van der Waals surface area contributed by atoms with E-state index in [0.717, 1.165) is 18.4 Å². The van der Waals surface area contributed by atoms with Gasteiger partial charge in [-0.05, 0) is 18.4 Å². The normalized spacial score (nSPS) is 28.1. The minimum absolute atomic E-state index is 0.0269. The van der Waals surface area contributed by atoms with Crippen LogP contribution in [-0.2, 0) is 14.9 Å². The van der Waals surface area contributed by atoms with Gasteiger partial charge in [0.05, 0.1) is 12.0 Å². The summed E-state index contributed by atoms with van der Waals surface area (Å²) in [6.45, 7) is 1.15. The second-order valence-corrected chi connectivity index (χ2v) is 5.66. The van der Waals surface area contributed by atoms with Gasteiger partial charge >= 0.3 is 0 Å². The van der Waals surface area contributed by atoms with Crippen molar-refractivity contribution in [3.63, 3.8) is 0 Å². The summed E-state index contributed by atoms with van der Waals surface area (Å²) in [4.78, 5) is 12.4. The first-order valence-corrected chi connectivity index (χ1v) is 6.79. The third-order valence-electron chi connectivity index (χ3n) is 4.17. The molecule has 0 radical (unpaired) electrons. The van der Waals surface area contributed by atoms with Crippen LogP contribution < -0.4 is 5.32 Å². The van der Waals surface area contributed by atoms with E-state index in [2.05, 4.69) is 5.32 Å². The Bertz CT molecular complexity index is 462. The molecule has 19 heavy (non-hydrogen) atoms. The number of aliphatic hydroxyl groups is 1. The van der Waals surface area contributed by atoms with Crippen LogP contribution in [0.1, 0.15) is 24.8 Å². The monoisotopic (exact) mass is 261 g/mol. The average molecular weight is 261 g/mol. The summed E-state index contributed by atoms with van der Waals surface area (Å²) in [6, 6.07) is 9.87. The fourth-order valence-electron chi connectivity index (χ4n) is 2.68. The third kappa shape index (κ3) is 2.38. The van der Waals surface area contributed by atoms with Crippen LogP contribution in [0.5, 0.6) is 0 Å². The van der Waals surface area contributed by atoms with Gasteiger partial charge in [-0.15, -0.1) is 0 Å². The summed E-state index contributed by atoms with van der Waals surface area (Å²) in [5, 5.41) is 13.1. The van der Waals surface area contributed by atoms with Crippen LogP contribution in [0.15, 0.2) is 30.3 Å². The molecule has 4 nitrogen and oxygen atoms in total. The van der Waals surface area contributed by atoms with E-state index in [1.165, 1.54) is 0 Å². The van der Waals surface area contributed by atoms with E-state index in [1.54, 1.807) is 0 Å². The van der Waals surface area contributed by atoms with Gasteiger partial charge in [-0.2, -0.15) is 0 Å². The Morgan fingerprint density at radius 1 is 1.26 bits per heavy atom. The van der Waals surface area contributed by atoms with Crippen molar-refractivity contribution in [3.8, 4) is 0 Å². The van der Waals surface area contributed by atoms with Gasteiger partial charge in [0.2, 0.25) is 5.91 Å². The van der Waals surface area contributed by atoms with Gasteiger partial charge in [0.25, 0.3) is 0 Å². The van der Waals surface area contributed by atoms with E-state index in [-0.39, 0.29) is 17.9 Å². The molecule has 2 aliphatic rings. The summed E-state index contributed by atoms with van der Waals surface area (Å²) in [6.07, 6.45) is 2.36. The largest absolute Gasteiger partial charge is 0.386 e. The molecule has 1 atom stereocenters. The average Bonchev–Trinajstić information content (AvgIpc) is 3.15. The zero-order valence-electron chi connectivity index (χ0n) is 10.9. The molecule has 2 N–H and O–H groups in total. The highest BCUT2D eigenvalue weighted by atomic mass is 16.5. The topological polar surface area (TPSA) is 58.6 Å². The molecule has 2 fully saturated rings. The van der Waals surface area contributed by atoms with E-state index in [4.69, 9.17) is 4.74 Å². The molecule has 1 aromatic rings. The van der Waals surface area contributed by atoms with Crippen LogP contribution in [-0.4, -0.2) is 36.4 Å². The zero-order chi connectivity index (χ0) is 13.3. The molecular weight excluding hydrogens is 242 g/mol. The van der Waals surface area contributed by atoms with Crippen molar-refractivity contribution in [2.45, 2.75) is 30.3 Å². The van der Waals surface area contributed by atoms with E-state index in [9.17, 15) is 9.90 Å². The second-order valence-electron chi connectivity index (χ2n) is 5.66. The number of ether oxygens (including phenoxy) is 1. The smallest absolute Gasteiger partial charge is 0.230 e. The van der Waals surface area contributed by atoms with E-state index < -0.39 is 5.60 Å². The molecule has 1 saturated carbocycles. The highest BCUT2D eigenvalue weighted by Crippen LogP contribution is 2.48. The molecule has 1 amide bonds. The molecule has 102 valence electrons. The van der Waals surface area contributed by atoms with Gasteiger partial charge in [0, 0.05) is 19.6 Å². The van der Waals surface area contributed by atoms with E-state index in [1.807, 2.05) is 30.3 Å². The fourth-order valence-corrected chi connectivity index (χ4v) is 2.68. The molecular formula is C15H19NO3. The lowest BCUT2D eigenvalue weighted by atomic mass is 9.94. The number of benzene rings is 1. The molecule has 1 aliphatic heterocycles. The Morgan fingerprint density at radius 3 is 2.58 bits per heavy atom. The number of carbonyl (C=O) groups is 1. The van der Waals surface area contributed by atoms with Crippen LogP contribution in [0, 0.1) is 0 Å². The molecule has 1 unspecified atom stereocenters. The molecule has 1 aromatic carbocycles. The predicted molar refractivity (Wildman–Crippen MR) is 70.7 cm³/mol. The number of nitrogens with one attached hydrogen (secondary N) is 1. The van der Waals surface area contributed by atoms with Gasteiger partial charge in [-0.25, -0.2) is 0 Å². The molecule has 1 aliphatic carbocycles. The van der Waals surface area contributed by atoms with E-state index >= 15 is 0 Å². The van der Waals surface area contributed by atoms with Gasteiger partial charge < -0.3 is 15.2 Å². The second kappa shape index (κ2) is 4.62. The molecule has 3 rings (SSSR count). The first kappa shape index (κ1) is 12.6. The lowest BCUT2D eigenvalue weighted by Gasteiger charge is -2.23. The minimum Gasteiger partial charge on any atom is -0.386 e. The van der Waals surface area contributed by atoms with Gasteiger partial charge in [-0.1, -0.05) is 30.3 Å². The maximum atomic E-state index is 12.4. The van der Waals surface area contributed by atoms with Crippen molar-refractivity contribution in [1.29, 1.82) is 0 Å². The Balaban J connectivity index is 1.65. The molecule has 1 heterocycles. The van der Waals surface area contributed by atoms with Gasteiger partial charge in [0.1, 0.15) is 5.60 Å². The first-order chi connectivity index (χ1) is 9.15. The first-order valence-electron chi connectivity index (χ1n) is 6.79. The quantitative estimate of drug-likeness (QED) is 0.849. The molecule has 0 aromatic heterocycles. The van der Waals surface area contributed by atoms with Crippen molar-refractivity contribution in [1.82, 2.24) is 5.32 Å². The summed E-state index contributed by atoms with van der Waals surface area (Å²) < 4.78 is 5.18. The van der Waals surface area contributed by atoms with Crippen molar-refractivity contribution >= 4 is 5.91 Å². The molecule has 0 spiro atoms. The highest BCUT2D eigenvalue weighted by Gasteiger charge is 2.51. The van der Waals surface area contributed by atoms with Crippen LogP contribution >= 0.6 is 0 Å². The Kier molecular flexibility index (Phi) is 3.07. The van der Waals surface area contributed by atoms with Crippen LogP contribution in [0.4, 0.5) is 0 Å². The highest BCUT2D eigenvalue weighted by molar-refractivity contribution is 5.91. The predicted octanol–water partition coefficient (Wildman–Crippen LogP) is 0.986. The standard InChI is InChI=1S/C15H19NO3/c17-13(16-10-14(18)8-9-19-11-14)15(6-7-15)12-4-2-1-3-5-12/h1-5,18H,6-11H2,(H,16,17). The molecule has 0 bridgehead atoms. The van der Waals surface area contributed by atoms with Gasteiger partial charge in [0.15, 0.2) is 0 Å². The summed E-state index contributed by atoms with van der Waals surface area (Å²) in [5.74, 6) is 0.0269. The number of hydrogen-bond donors (Lipinski definition) is 2. The Hall–Kier alpha value is -1.39. The van der Waals surface area contributed by atoms with Crippen molar-refractivity contribution in [2.75, 3.05) is 19.8 Å². The Labute approximate surface area is 112 Å². The summed E-state index contributed by atoms with van der Waals surface area (Å²) >= 11 is 0. The van der Waals surface area contributed by atoms with Crippen molar-refractivity contribution < 1.29 is 14.6 Å². The SMILES string of the molecule is O=C(NCC1(O)CCOC1)C1(c2ccccc2)CC1. The third-order valence-corrected chi connectivity index (χ3v) is 4.17. The summed E-state index contributed by atoms with van der Waals surface area (Å²) in [7, 11) is 0. The van der Waals surface area contributed by atoms with Crippen LogP contribution in [0.25, 0.3) is 0 Å². The number of amides is 1. The summed E-state index contributed by atoms with van der Waals surface area (Å²) in [5.41, 5.74) is -0.179. The molecule has 1 saturated heterocycles. The number of hydrogen-bond acceptors (Lipinski definition) is 3. The maximum absolute atomic E-state index is 12.4. The molecule has 4 heteroatoms. The number of carbonyl (C=O) groups excluding carboxylic acids is 1. The zero-order valence-corrected chi connectivity index (χ0v) is 10.9. The van der Waals surface area contributed by atoms with Crippen molar-refractivity contribution in [3.05, 3.63) is 35.9 Å². The minimum atomic E-state index is -0.886. The lowest BCUT2D eigenvalue weighted by molar-refractivity contribution is -0.124. The van der Waals surface area contributed by atoms with E-state index in [0.29, 0.717) is 19.6 Å².